The van der Waals surface area contributed by atoms with Crippen LogP contribution in [0.2, 0.25) is 0 Å². The number of rotatable bonds is 1. The van der Waals surface area contributed by atoms with Crippen LogP contribution in [0.15, 0.2) is 54.9 Å². The van der Waals surface area contributed by atoms with Crippen LogP contribution < -0.4 is 9.14 Å². The maximum absolute atomic E-state index is 5.41. The quantitative estimate of drug-likeness (QED) is 0.473. The van der Waals surface area contributed by atoms with Gasteiger partial charge in [-0.2, -0.15) is 4.40 Å². The molecule has 0 radical (unpaired) electrons. The van der Waals surface area contributed by atoms with Crippen molar-refractivity contribution >= 4 is 16.3 Å². The van der Waals surface area contributed by atoms with Crippen LogP contribution in [-0.4, -0.2) is 12.6 Å². The van der Waals surface area contributed by atoms with Crippen LogP contribution in [0.4, 0.5) is 0 Å². The summed E-state index contributed by atoms with van der Waals surface area (Å²) < 4.78 is 7.50. The summed E-state index contributed by atoms with van der Waals surface area (Å²) in [6, 6.07) is 14.4. The molecule has 0 saturated carbocycles. The molecular formula is C14H13NO2. The van der Waals surface area contributed by atoms with E-state index in [1.54, 1.807) is 7.11 Å². The van der Waals surface area contributed by atoms with Crippen molar-refractivity contribution in [3.05, 3.63) is 54.9 Å². The molecule has 0 saturated heterocycles. The Kier molecular flexibility index (Phi) is 2.93. The molecule has 17 heavy (non-hydrogen) atoms. The zero-order valence-electron chi connectivity index (χ0n) is 9.50. The summed E-state index contributed by atoms with van der Waals surface area (Å²) >= 11 is 0. The minimum atomic E-state index is 0. The fraction of sp³-hybridized carbons (Fsp3) is 0.0714. The average Bonchev–Trinajstić information content (AvgIpc) is 2.37. The van der Waals surface area contributed by atoms with Gasteiger partial charge in [-0.05, 0) is 17.5 Å². The standard InChI is InChI=1S/C14H12NO.H2O/c1-16-13-7-4-9-15-10-8-11-5-2-3-6-12(11)14(13)15;/h2-10H,1H3;1H2/q+1;/p-1. The number of hydrogen-bond donors (Lipinski definition) is 0. The van der Waals surface area contributed by atoms with E-state index in [1.165, 1.54) is 10.8 Å². The first-order valence-electron chi connectivity index (χ1n) is 5.26. The van der Waals surface area contributed by atoms with Crippen molar-refractivity contribution in [1.29, 1.82) is 0 Å². The second-order valence-electron chi connectivity index (χ2n) is 3.74. The van der Waals surface area contributed by atoms with Crippen LogP contribution >= 0.6 is 0 Å². The molecule has 2 aromatic heterocycles. The Morgan fingerprint density at radius 3 is 2.59 bits per heavy atom. The van der Waals surface area contributed by atoms with E-state index >= 15 is 0 Å². The third-order valence-corrected chi connectivity index (χ3v) is 2.84. The normalized spacial score (nSPS) is 10.2. The molecule has 0 atom stereocenters. The Morgan fingerprint density at radius 1 is 0.941 bits per heavy atom. The average molecular weight is 227 g/mol. The van der Waals surface area contributed by atoms with Crippen molar-refractivity contribution in [3.63, 3.8) is 0 Å². The summed E-state index contributed by atoms with van der Waals surface area (Å²) in [6.07, 6.45) is 4.09. The van der Waals surface area contributed by atoms with Gasteiger partial charge in [0.15, 0.2) is 18.1 Å². The lowest BCUT2D eigenvalue weighted by molar-refractivity contribution is -0.511. The van der Waals surface area contributed by atoms with Gasteiger partial charge in [0, 0.05) is 12.1 Å². The Labute approximate surface area is 99.2 Å². The molecule has 3 heteroatoms. The molecule has 0 amide bonds. The summed E-state index contributed by atoms with van der Waals surface area (Å²) in [7, 11) is 1.71. The molecule has 0 aliphatic heterocycles. The van der Waals surface area contributed by atoms with Crippen LogP contribution in [0, 0.1) is 0 Å². The number of ether oxygens (including phenoxy) is 1. The fourth-order valence-electron chi connectivity index (χ4n) is 2.08. The Morgan fingerprint density at radius 2 is 1.76 bits per heavy atom. The highest BCUT2D eigenvalue weighted by Crippen LogP contribution is 2.23. The van der Waals surface area contributed by atoms with E-state index < -0.39 is 0 Å². The highest BCUT2D eigenvalue weighted by atomic mass is 16.5. The lowest BCUT2D eigenvalue weighted by atomic mass is 10.1. The van der Waals surface area contributed by atoms with E-state index in [4.69, 9.17) is 4.74 Å². The zero-order valence-corrected chi connectivity index (χ0v) is 9.50. The van der Waals surface area contributed by atoms with Gasteiger partial charge in [-0.3, -0.25) is 0 Å². The molecule has 0 bridgehead atoms. The highest BCUT2D eigenvalue weighted by molar-refractivity contribution is 5.96. The number of pyridine rings is 2. The molecular weight excluding hydrogens is 214 g/mol. The molecule has 0 aliphatic rings. The number of nitrogens with zero attached hydrogens (tertiary/aromatic N) is 1. The first-order valence-corrected chi connectivity index (χ1v) is 5.26. The smallest absolute Gasteiger partial charge is 0.260 e. The number of benzene rings is 1. The first kappa shape index (κ1) is 11.4. The highest BCUT2D eigenvalue weighted by Gasteiger charge is 2.12. The monoisotopic (exact) mass is 227 g/mol. The van der Waals surface area contributed by atoms with E-state index in [0.717, 1.165) is 11.3 Å². The van der Waals surface area contributed by atoms with E-state index in [1.807, 2.05) is 24.4 Å². The van der Waals surface area contributed by atoms with E-state index in [-0.39, 0.29) is 5.48 Å². The van der Waals surface area contributed by atoms with Crippen molar-refractivity contribution in [2.75, 3.05) is 7.11 Å². The molecule has 3 rings (SSSR count). The predicted octanol–water partition coefficient (Wildman–Crippen LogP) is 2.41. The summed E-state index contributed by atoms with van der Waals surface area (Å²) in [5.74, 6) is 0.902. The summed E-state index contributed by atoms with van der Waals surface area (Å²) in [6.45, 7) is 0. The van der Waals surface area contributed by atoms with Gasteiger partial charge in [0.05, 0.1) is 12.5 Å². The van der Waals surface area contributed by atoms with Gasteiger partial charge in [-0.25, -0.2) is 0 Å². The number of hydrogen-bond acceptors (Lipinski definition) is 2. The van der Waals surface area contributed by atoms with Crippen LogP contribution in [0.25, 0.3) is 16.3 Å². The molecule has 2 heterocycles. The minimum absolute atomic E-state index is 0. The van der Waals surface area contributed by atoms with Crippen molar-refractivity contribution in [2.45, 2.75) is 0 Å². The maximum Gasteiger partial charge on any atom is 0.260 e. The fourth-order valence-corrected chi connectivity index (χ4v) is 2.08. The van der Waals surface area contributed by atoms with Crippen molar-refractivity contribution in [2.24, 2.45) is 0 Å². The molecule has 1 aromatic carbocycles. The first-order chi connectivity index (χ1) is 7.90. The molecule has 0 aliphatic carbocycles. The third kappa shape index (κ3) is 1.70. The van der Waals surface area contributed by atoms with Gasteiger partial charge in [0.2, 0.25) is 0 Å². The number of fused-ring (bicyclic) bond motifs is 3. The van der Waals surface area contributed by atoms with Crippen molar-refractivity contribution in [3.8, 4) is 5.75 Å². The SMILES string of the molecule is COc1ccc[n+]2ccc3ccccc3c12.[OH-]. The minimum Gasteiger partial charge on any atom is -0.870 e. The van der Waals surface area contributed by atoms with Crippen LogP contribution in [0.1, 0.15) is 0 Å². The second kappa shape index (κ2) is 4.39. The Hall–Kier alpha value is -2.13. The van der Waals surface area contributed by atoms with Crippen LogP contribution in [0.5, 0.6) is 5.75 Å². The second-order valence-corrected chi connectivity index (χ2v) is 3.74. The van der Waals surface area contributed by atoms with Crippen LogP contribution in [0.3, 0.4) is 0 Å². The lowest BCUT2D eigenvalue weighted by Gasteiger charge is -2.02. The molecule has 0 spiro atoms. The van der Waals surface area contributed by atoms with Crippen LogP contribution in [-0.2, 0) is 0 Å². The molecule has 0 fully saturated rings. The summed E-state index contributed by atoms with van der Waals surface area (Å²) in [5, 5.41) is 2.44. The Bertz CT molecular complexity index is 664. The van der Waals surface area contributed by atoms with Crippen molar-refractivity contribution in [1.82, 2.24) is 0 Å². The predicted molar refractivity (Wildman–Crippen MR) is 65.6 cm³/mol. The van der Waals surface area contributed by atoms with E-state index in [2.05, 4.69) is 34.9 Å². The van der Waals surface area contributed by atoms with Gasteiger partial charge in [0.25, 0.3) is 5.52 Å². The van der Waals surface area contributed by atoms with Gasteiger partial charge < -0.3 is 10.2 Å². The van der Waals surface area contributed by atoms with Gasteiger partial charge in [-0.1, -0.05) is 18.2 Å². The lowest BCUT2D eigenvalue weighted by Crippen LogP contribution is -2.20. The molecule has 1 N–H and O–H groups in total. The van der Waals surface area contributed by atoms with Crippen molar-refractivity contribution < 1.29 is 14.6 Å². The van der Waals surface area contributed by atoms with Gasteiger partial charge in [-0.15, -0.1) is 0 Å². The summed E-state index contributed by atoms with van der Waals surface area (Å²) in [4.78, 5) is 0. The molecule has 0 unspecified atom stereocenters. The third-order valence-electron chi connectivity index (χ3n) is 2.84. The largest absolute Gasteiger partial charge is 0.870 e. The number of aromatic nitrogens is 1. The zero-order chi connectivity index (χ0) is 11.0. The molecule has 3 aromatic rings. The molecule has 86 valence electrons. The Balaban J connectivity index is 0.00000108. The van der Waals surface area contributed by atoms with E-state index in [9.17, 15) is 0 Å². The molecule has 3 nitrogen and oxygen atoms in total. The van der Waals surface area contributed by atoms with Gasteiger partial charge >= 0.3 is 0 Å². The summed E-state index contributed by atoms with van der Waals surface area (Å²) in [5.41, 5.74) is 1.11. The topological polar surface area (TPSA) is 43.3 Å². The van der Waals surface area contributed by atoms with Gasteiger partial charge in [0.1, 0.15) is 0 Å². The maximum atomic E-state index is 5.41. The van der Waals surface area contributed by atoms with E-state index in [0.29, 0.717) is 0 Å². The number of methoxy groups -OCH3 is 1.